The molecule has 56 heavy (non-hydrogen) atoms. The van der Waals surface area contributed by atoms with Crippen LogP contribution in [0.4, 0.5) is 0 Å². The van der Waals surface area contributed by atoms with Gasteiger partial charge in [0.25, 0.3) is 0 Å². The molecule has 3 N–H and O–H groups in total. The number of rotatable bonds is 42. The standard InChI is InChI=1S/C47H84NO7P/c1-3-5-7-9-11-13-15-17-19-21-22-23-25-27-29-31-33-35-37-39-42-52-44-46(45-54-56(50,51)53-43-41-48)55-47(49)40-38-36-34-32-30-28-26-24-20-18-16-14-12-10-8-6-4-2/h6,8,11-14,17-20,26,28,46H,3-5,7,9-10,15-16,21-25,27,29-45,48H2,1-2H3,(H,50,51)/b8-6-,13-11-,14-12-,19-17-,20-18-,28-26-. The van der Waals surface area contributed by atoms with Crippen LogP contribution >= 0.6 is 7.82 Å². The Morgan fingerprint density at radius 3 is 1.50 bits per heavy atom. The van der Waals surface area contributed by atoms with E-state index < -0.39 is 13.9 Å². The molecule has 0 radical (unpaired) electrons. The molecule has 0 aromatic carbocycles. The number of phosphoric ester groups is 1. The van der Waals surface area contributed by atoms with Crippen LogP contribution in [-0.4, -0.2) is 49.9 Å². The predicted molar refractivity (Wildman–Crippen MR) is 238 cm³/mol. The largest absolute Gasteiger partial charge is 0.472 e. The number of hydrogen-bond donors (Lipinski definition) is 2. The molecule has 0 bridgehead atoms. The summed E-state index contributed by atoms with van der Waals surface area (Å²) in [6.45, 7) is 4.74. The molecule has 0 amide bonds. The molecule has 0 aliphatic heterocycles. The summed E-state index contributed by atoms with van der Waals surface area (Å²) in [5.74, 6) is -0.356. The molecule has 2 atom stereocenters. The number of hydrogen-bond acceptors (Lipinski definition) is 7. The summed E-state index contributed by atoms with van der Waals surface area (Å²) in [6, 6.07) is 0. The average Bonchev–Trinajstić information content (AvgIpc) is 3.19. The van der Waals surface area contributed by atoms with Crippen molar-refractivity contribution in [2.24, 2.45) is 5.73 Å². The summed E-state index contributed by atoms with van der Waals surface area (Å²) in [7, 11) is -4.29. The highest BCUT2D eigenvalue weighted by Crippen LogP contribution is 2.43. The fraction of sp³-hybridized carbons (Fsp3) is 0.723. The summed E-state index contributed by atoms with van der Waals surface area (Å²) in [6.07, 6.45) is 54.9. The number of nitrogens with two attached hydrogens (primary N) is 1. The highest BCUT2D eigenvalue weighted by molar-refractivity contribution is 7.47. The molecule has 0 heterocycles. The van der Waals surface area contributed by atoms with Crippen LogP contribution in [0.15, 0.2) is 72.9 Å². The highest BCUT2D eigenvalue weighted by atomic mass is 31.2. The van der Waals surface area contributed by atoms with Crippen molar-refractivity contribution in [3.05, 3.63) is 72.9 Å². The maximum absolute atomic E-state index is 12.6. The van der Waals surface area contributed by atoms with Crippen molar-refractivity contribution in [1.82, 2.24) is 0 Å². The van der Waals surface area contributed by atoms with E-state index in [1.54, 1.807) is 0 Å². The van der Waals surface area contributed by atoms with Gasteiger partial charge in [0.15, 0.2) is 0 Å². The van der Waals surface area contributed by atoms with E-state index in [0.717, 1.165) is 77.0 Å². The number of carbonyl (C=O) groups excluding carboxylic acids is 1. The lowest BCUT2D eigenvalue weighted by atomic mass is 10.1. The van der Waals surface area contributed by atoms with Crippen LogP contribution in [0.1, 0.15) is 181 Å². The van der Waals surface area contributed by atoms with Gasteiger partial charge in [0.2, 0.25) is 0 Å². The molecule has 0 aromatic rings. The van der Waals surface area contributed by atoms with Crippen molar-refractivity contribution in [1.29, 1.82) is 0 Å². The van der Waals surface area contributed by atoms with Gasteiger partial charge in [-0.2, -0.15) is 0 Å². The number of carbonyl (C=O) groups is 1. The van der Waals surface area contributed by atoms with Crippen molar-refractivity contribution in [2.45, 2.75) is 187 Å². The van der Waals surface area contributed by atoms with Gasteiger partial charge in [0.05, 0.1) is 19.8 Å². The first kappa shape index (κ1) is 53.9. The number of ether oxygens (including phenoxy) is 2. The zero-order valence-corrected chi connectivity index (χ0v) is 36.7. The van der Waals surface area contributed by atoms with Gasteiger partial charge < -0.3 is 20.1 Å². The molecule has 8 nitrogen and oxygen atoms in total. The van der Waals surface area contributed by atoms with E-state index in [1.807, 2.05) is 0 Å². The van der Waals surface area contributed by atoms with Crippen molar-refractivity contribution in [2.75, 3.05) is 33.0 Å². The Morgan fingerprint density at radius 2 is 1.00 bits per heavy atom. The van der Waals surface area contributed by atoms with E-state index in [-0.39, 0.29) is 38.8 Å². The van der Waals surface area contributed by atoms with E-state index in [1.165, 1.54) is 83.5 Å². The van der Waals surface area contributed by atoms with Crippen molar-refractivity contribution in [3.63, 3.8) is 0 Å². The van der Waals surface area contributed by atoms with Gasteiger partial charge in [0, 0.05) is 19.6 Å². The summed E-state index contributed by atoms with van der Waals surface area (Å²) in [5.41, 5.74) is 5.37. The Balaban J connectivity index is 4.06. The van der Waals surface area contributed by atoms with Crippen LogP contribution in [0.5, 0.6) is 0 Å². The molecular formula is C47H84NO7P. The third-order valence-corrected chi connectivity index (χ3v) is 10.1. The first-order chi connectivity index (χ1) is 27.4. The molecule has 0 saturated carbocycles. The molecule has 2 unspecified atom stereocenters. The highest BCUT2D eigenvalue weighted by Gasteiger charge is 2.25. The first-order valence-corrected chi connectivity index (χ1v) is 23.9. The monoisotopic (exact) mass is 806 g/mol. The van der Waals surface area contributed by atoms with E-state index in [0.29, 0.717) is 6.61 Å². The molecule has 0 aromatic heterocycles. The van der Waals surface area contributed by atoms with Crippen LogP contribution in [0, 0.1) is 0 Å². The maximum atomic E-state index is 12.6. The smallest absolute Gasteiger partial charge is 0.457 e. The summed E-state index contributed by atoms with van der Waals surface area (Å²) in [5, 5.41) is 0. The third-order valence-electron chi connectivity index (χ3n) is 9.11. The normalized spacial score (nSPS) is 14.1. The summed E-state index contributed by atoms with van der Waals surface area (Å²) >= 11 is 0. The third kappa shape index (κ3) is 43.1. The lowest BCUT2D eigenvalue weighted by Gasteiger charge is -2.20. The minimum absolute atomic E-state index is 0.0921. The Hall–Kier alpha value is -2.06. The van der Waals surface area contributed by atoms with Gasteiger partial charge in [-0.15, -0.1) is 0 Å². The average molecular weight is 806 g/mol. The molecular weight excluding hydrogens is 721 g/mol. The van der Waals surface area contributed by atoms with Crippen LogP contribution in [0.3, 0.4) is 0 Å². The topological polar surface area (TPSA) is 117 Å². The fourth-order valence-electron chi connectivity index (χ4n) is 5.84. The molecule has 0 saturated heterocycles. The van der Waals surface area contributed by atoms with Crippen molar-refractivity contribution >= 4 is 13.8 Å². The molecule has 0 rings (SSSR count). The SMILES string of the molecule is CC/C=C\C/C=C\C/C=C\C/C=C\CCCCCCC(=O)OC(COCCCCCCCCCCCC/C=C\C/C=C\CCCCC)COP(=O)(O)OCCN. The summed E-state index contributed by atoms with van der Waals surface area (Å²) < 4.78 is 33.4. The van der Waals surface area contributed by atoms with Gasteiger partial charge in [-0.1, -0.05) is 164 Å². The van der Waals surface area contributed by atoms with E-state index in [4.69, 9.17) is 24.3 Å². The molecule has 0 spiro atoms. The predicted octanol–water partition coefficient (Wildman–Crippen LogP) is 13.5. The minimum atomic E-state index is -4.29. The van der Waals surface area contributed by atoms with Crippen molar-refractivity contribution < 1.29 is 32.8 Å². The quantitative estimate of drug-likeness (QED) is 0.0271. The molecule has 0 aliphatic rings. The van der Waals surface area contributed by atoms with Gasteiger partial charge >= 0.3 is 13.8 Å². The molecule has 0 fully saturated rings. The second-order valence-electron chi connectivity index (χ2n) is 14.5. The maximum Gasteiger partial charge on any atom is 0.472 e. The number of unbranched alkanes of at least 4 members (excludes halogenated alkanes) is 17. The molecule has 324 valence electrons. The Kier molecular flexibility index (Phi) is 42.4. The van der Waals surface area contributed by atoms with Crippen molar-refractivity contribution in [3.8, 4) is 0 Å². The van der Waals surface area contributed by atoms with Crippen LogP contribution in [0.2, 0.25) is 0 Å². The zero-order chi connectivity index (χ0) is 40.9. The number of phosphoric acid groups is 1. The molecule has 0 aliphatic carbocycles. The lowest BCUT2D eigenvalue weighted by molar-refractivity contribution is -0.154. The van der Waals surface area contributed by atoms with Gasteiger partial charge in [0.1, 0.15) is 6.10 Å². The van der Waals surface area contributed by atoms with E-state index in [2.05, 4.69) is 86.8 Å². The molecule has 9 heteroatoms. The van der Waals surface area contributed by atoms with Gasteiger partial charge in [-0.3, -0.25) is 13.8 Å². The second-order valence-corrected chi connectivity index (χ2v) is 16.0. The van der Waals surface area contributed by atoms with E-state index >= 15 is 0 Å². The van der Waals surface area contributed by atoms with E-state index in [9.17, 15) is 14.3 Å². The Labute approximate surface area is 344 Å². The summed E-state index contributed by atoms with van der Waals surface area (Å²) in [4.78, 5) is 22.5. The number of allylic oxidation sites excluding steroid dienone is 12. The van der Waals surface area contributed by atoms with Gasteiger partial charge in [-0.05, 0) is 83.5 Å². The first-order valence-electron chi connectivity index (χ1n) is 22.4. The van der Waals surface area contributed by atoms with Crippen LogP contribution in [-0.2, 0) is 27.9 Å². The number of esters is 1. The minimum Gasteiger partial charge on any atom is -0.457 e. The fourth-order valence-corrected chi connectivity index (χ4v) is 6.61. The van der Waals surface area contributed by atoms with Gasteiger partial charge in [-0.25, -0.2) is 4.57 Å². The van der Waals surface area contributed by atoms with Crippen LogP contribution in [0.25, 0.3) is 0 Å². The Morgan fingerprint density at radius 1 is 0.554 bits per heavy atom. The second kappa shape index (κ2) is 44.1. The lowest BCUT2D eigenvalue weighted by Crippen LogP contribution is -2.28. The zero-order valence-electron chi connectivity index (χ0n) is 35.8. The Bertz CT molecular complexity index is 1080. The van der Waals surface area contributed by atoms with Crippen LogP contribution < -0.4 is 5.73 Å².